The molecule has 1 rings (SSSR count). The van der Waals surface area contributed by atoms with Crippen molar-refractivity contribution >= 4 is 5.97 Å². The average Bonchev–Trinajstić information content (AvgIpc) is 2.17. The van der Waals surface area contributed by atoms with E-state index >= 15 is 0 Å². The number of benzene rings is 1. The molecule has 0 heterocycles. The van der Waals surface area contributed by atoms with Crippen LogP contribution in [0.1, 0.15) is 31.0 Å². The molecule has 1 aromatic rings. The number of carboxylic acid groups (broad SMARTS) is 1. The second kappa shape index (κ2) is 4.03. The molecule has 1 atom stereocenters. The van der Waals surface area contributed by atoms with E-state index in [0.717, 1.165) is 11.1 Å². The Morgan fingerprint density at radius 1 is 1.33 bits per heavy atom. The van der Waals surface area contributed by atoms with E-state index in [1.165, 1.54) is 0 Å². The monoisotopic (exact) mass is 207 g/mol. The van der Waals surface area contributed by atoms with Gasteiger partial charge in [0.05, 0.1) is 5.41 Å². The van der Waals surface area contributed by atoms with Gasteiger partial charge in [0.2, 0.25) is 0 Å². The molecule has 15 heavy (non-hydrogen) atoms. The van der Waals surface area contributed by atoms with Crippen LogP contribution in [0.5, 0.6) is 0 Å². The smallest absolute Gasteiger partial charge is 0.311 e. The number of nitrogens with two attached hydrogens (primary N) is 1. The average molecular weight is 207 g/mol. The molecule has 3 nitrogen and oxygen atoms in total. The van der Waals surface area contributed by atoms with E-state index in [-0.39, 0.29) is 0 Å². The minimum absolute atomic E-state index is 0.490. The fourth-order valence-corrected chi connectivity index (χ4v) is 1.32. The number of aliphatic carboxylic acids is 1. The normalized spacial score (nSPS) is 13.6. The number of aryl methyl sites for hydroxylation is 1. The predicted octanol–water partition coefficient (Wildman–Crippen LogP) is 2.11. The molecule has 0 amide bonds. The van der Waals surface area contributed by atoms with Crippen LogP contribution in [0.25, 0.3) is 0 Å². The van der Waals surface area contributed by atoms with Gasteiger partial charge in [-0.25, -0.2) is 0 Å². The van der Waals surface area contributed by atoms with Crippen LogP contribution in [-0.4, -0.2) is 11.1 Å². The maximum absolute atomic E-state index is 11.0. The van der Waals surface area contributed by atoms with Crippen LogP contribution in [0.4, 0.5) is 0 Å². The molecule has 82 valence electrons. The molecule has 0 aromatic heterocycles. The minimum Gasteiger partial charge on any atom is -0.481 e. The van der Waals surface area contributed by atoms with Crippen molar-refractivity contribution in [3.8, 4) is 0 Å². The Hall–Kier alpha value is -1.35. The fourth-order valence-electron chi connectivity index (χ4n) is 1.32. The van der Waals surface area contributed by atoms with Gasteiger partial charge in [-0.2, -0.15) is 0 Å². The van der Waals surface area contributed by atoms with Crippen molar-refractivity contribution in [1.82, 2.24) is 0 Å². The molecule has 0 radical (unpaired) electrons. The van der Waals surface area contributed by atoms with E-state index in [0.29, 0.717) is 0 Å². The maximum Gasteiger partial charge on any atom is 0.311 e. The highest BCUT2D eigenvalue weighted by atomic mass is 16.4. The van der Waals surface area contributed by atoms with Gasteiger partial charge in [-0.3, -0.25) is 4.79 Å². The molecule has 0 saturated heterocycles. The third-order valence-electron chi connectivity index (χ3n) is 2.77. The zero-order valence-electron chi connectivity index (χ0n) is 9.32. The molecule has 0 aliphatic carbocycles. The summed E-state index contributed by atoms with van der Waals surface area (Å²) in [5.41, 5.74) is 6.99. The second-order valence-electron chi connectivity index (χ2n) is 4.42. The highest BCUT2D eigenvalue weighted by Gasteiger charge is 2.35. The van der Waals surface area contributed by atoms with Gasteiger partial charge in [-0.1, -0.05) is 29.8 Å². The minimum atomic E-state index is -0.949. The lowest BCUT2D eigenvalue weighted by Crippen LogP contribution is -2.36. The predicted molar refractivity (Wildman–Crippen MR) is 59.5 cm³/mol. The quantitative estimate of drug-likeness (QED) is 0.797. The van der Waals surface area contributed by atoms with Gasteiger partial charge in [0, 0.05) is 6.04 Å². The number of carbonyl (C=O) groups is 1. The van der Waals surface area contributed by atoms with Gasteiger partial charge in [0.25, 0.3) is 0 Å². The van der Waals surface area contributed by atoms with E-state index < -0.39 is 17.4 Å². The number of hydrogen-bond acceptors (Lipinski definition) is 2. The van der Waals surface area contributed by atoms with E-state index in [4.69, 9.17) is 10.8 Å². The third-order valence-corrected chi connectivity index (χ3v) is 2.77. The zero-order chi connectivity index (χ0) is 11.6. The summed E-state index contributed by atoms with van der Waals surface area (Å²) >= 11 is 0. The lowest BCUT2D eigenvalue weighted by atomic mass is 9.81. The van der Waals surface area contributed by atoms with Crippen molar-refractivity contribution in [2.24, 2.45) is 11.1 Å². The topological polar surface area (TPSA) is 63.3 Å². The molecule has 0 saturated carbocycles. The Balaban J connectivity index is 2.99. The van der Waals surface area contributed by atoms with Gasteiger partial charge >= 0.3 is 5.97 Å². The highest BCUT2D eigenvalue weighted by molar-refractivity contribution is 5.75. The Morgan fingerprint density at radius 2 is 1.80 bits per heavy atom. The molecule has 0 fully saturated rings. The van der Waals surface area contributed by atoms with Crippen molar-refractivity contribution in [1.29, 1.82) is 0 Å². The Bertz CT molecular complexity index is 354. The molecule has 1 aromatic carbocycles. The van der Waals surface area contributed by atoms with Crippen LogP contribution in [-0.2, 0) is 4.79 Å². The molecule has 3 N–H and O–H groups in total. The van der Waals surface area contributed by atoms with Crippen LogP contribution in [0, 0.1) is 12.3 Å². The van der Waals surface area contributed by atoms with Gasteiger partial charge in [0.15, 0.2) is 0 Å². The summed E-state index contributed by atoms with van der Waals surface area (Å²) in [5.74, 6) is -0.879. The van der Waals surface area contributed by atoms with E-state index in [9.17, 15) is 4.79 Å². The maximum atomic E-state index is 11.0. The van der Waals surface area contributed by atoms with Crippen molar-refractivity contribution in [2.75, 3.05) is 0 Å². The third kappa shape index (κ3) is 2.36. The highest BCUT2D eigenvalue weighted by Crippen LogP contribution is 2.31. The molecule has 3 heteroatoms. The lowest BCUT2D eigenvalue weighted by molar-refractivity contribution is -0.148. The number of rotatable bonds is 3. The standard InChI is InChI=1S/C12H17NO2/c1-8-4-6-9(7-5-8)10(13)12(2,3)11(14)15/h4-7,10H,13H2,1-3H3,(H,14,15). The van der Waals surface area contributed by atoms with Crippen molar-refractivity contribution in [2.45, 2.75) is 26.8 Å². The molecular formula is C12H17NO2. The first-order valence-corrected chi connectivity index (χ1v) is 4.91. The molecule has 0 bridgehead atoms. The van der Waals surface area contributed by atoms with Crippen molar-refractivity contribution < 1.29 is 9.90 Å². The van der Waals surface area contributed by atoms with E-state index in [1.807, 2.05) is 31.2 Å². The summed E-state index contributed by atoms with van der Waals surface area (Å²) in [4.78, 5) is 11.0. The van der Waals surface area contributed by atoms with Crippen LogP contribution < -0.4 is 5.73 Å². The Morgan fingerprint density at radius 3 is 2.20 bits per heavy atom. The SMILES string of the molecule is Cc1ccc(C(N)C(C)(C)C(=O)O)cc1. The fraction of sp³-hybridized carbons (Fsp3) is 0.417. The van der Waals surface area contributed by atoms with Crippen molar-refractivity contribution in [3.05, 3.63) is 35.4 Å². The van der Waals surface area contributed by atoms with E-state index in [1.54, 1.807) is 13.8 Å². The Labute approximate surface area is 89.9 Å². The van der Waals surface area contributed by atoms with Gasteiger partial charge in [-0.05, 0) is 26.3 Å². The van der Waals surface area contributed by atoms with Crippen LogP contribution >= 0.6 is 0 Å². The first kappa shape index (κ1) is 11.7. The lowest BCUT2D eigenvalue weighted by Gasteiger charge is -2.27. The first-order chi connectivity index (χ1) is 6.85. The summed E-state index contributed by atoms with van der Waals surface area (Å²) in [5, 5.41) is 9.05. The summed E-state index contributed by atoms with van der Waals surface area (Å²) < 4.78 is 0. The van der Waals surface area contributed by atoms with Gasteiger partial charge < -0.3 is 10.8 Å². The molecule has 0 spiro atoms. The van der Waals surface area contributed by atoms with E-state index in [2.05, 4.69) is 0 Å². The summed E-state index contributed by atoms with van der Waals surface area (Å²) in [7, 11) is 0. The Kier molecular flexibility index (Phi) is 3.15. The summed E-state index contributed by atoms with van der Waals surface area (Å²) in [6.07, 6.45) is 0. The second-order valence-corrected chi connectivity index (χ2v) is 4.42. The largest absolute Gasteiger partial charge is 0.481 e. The number of hydrogen-bond donors (Lipinski definition) is 2. The number of carboxylic acids is 1. The summed E-state index contributed by atoms with van der Waals surface area (Å²) in [6, 6.07) is 7.14. The van der Waals surface area contributed by atoms with Crippen LogP contribution in [0.15, 0.2) is 24.3 Å². The molecule has 0 aliphatic rings. The molecule has 0 aliphatic heterocycles. The van der Waals surface area contributed by atoms with Gasteiger partial charge in [0.1, 0.15) is 0 Å². The first-order valence-electron chi connectivity index (χ1n) is 4.91. The summed E-state index contributed by atoms with van der Waals surface area (Å²) in [6.45, 7) is 5.26. The van der Waals surface area contributed by atoms with Crippen molar-refractivity contribution in [3.63, 3.8) is 0 Å². The zero-order valence-corrected chi connectivity index (χ0v) is 9.32. The van der Waals surface area contributed by atoms with Crippen LogP contribution in [0.3, 0.4) is 0 Å². The van der Waals surface area contributed by atoms with Gasteiger partial charge in [-0.15, -0.1) is 0 Å². The molecular weight excluding hydrogens is 190 g/mol. The van der Waals surface area contributed by atoms with Crippen LogP contribution in [0.2, 0.25) is 0 Å². The molecule has 1 unspecified atom stereocenters.